The van der Waals surface area contributed by atoms with Crippen LogP contribution in [0.4, 0.5) is 0 Å². The Morgan fingerprint density at radius 1 is 1.18 bits per heavy atom. The van der Waals surface area contributed by atoms with E-state index in [2.05, 4.69) is 24.3 Å². The van der Waals surface area contributed by atoms with E-state index in [0.29, 0.717) is 5.92 Å². The Hall–Kier alpha value is -2.57. The molecule has 142 valence electrons. The molecule has 4 aromatic rings. The topological polar surface area (TPSA) is 51.7 Å². The van der Waals surface area contributed by atoms with E-state index in [1.54, 1.807) is 10.5 Å². The second kappa shape index (κ2) is 7.11. The van der Waals surface area contributed by atoms with Crippen molar-refractivity contribution < 1.29 is 4.90 Å². The van der Waals surface area contributed by atoms with Gasteiger partial charge in [-0.05, 0) is 44.0 Å². The third kappa shape index (κ3) is 3.23. The number of hydrogen-bond acceptors (Lipinski definition) is 4. The van der Waals surface area contributed by atoms with Crippen LogP contribution in [-0.2, 0) is 6.54 Å². The molecule has 0 bridgehead atoms. The standard InChI is InChI=1S/C22H22N4OS/c1-15-6-4-10-20-23-17(12-21(27)26(15)20)14-25-11-5-7-16(13-25)22-24-18-8-2-3-9-19(18)28-22/h2-4,6,8-10,12,16H,5,7,11,13-14H2,1H3/p+1/t16-/m0/s1. The molecule has 5 rings (SSSR count). The Morgan fingerprint density at radius 2 is 2.07 bits per heavy atom. The molecule has 2 atom stereocenters. The molecule has 1 N–H and O–H groups in total. The minimum absolute atomic E-state index is 0.0113. The van der Waals surface area contributed by atoms with Crippen molar-refractivity contribution in [3.63, 3.8) is 0 Å². The molecule has 0 spiro atoms. The summed E-state index contributed by atoms with van der Waals surface area (Å²) in [6.07, 6.45) is 2.37. The van der Waals surface area contributed by atoms with Crippen LogP contribution >= 0.6 is 11.3 Å². The van der Waals surface area contributed by atoms with Gasteiger partial charge >= 0.3 is 0 Å². The molecule has 6 heteroatoms. The van der Waals surface area contributed by atoms with Gasteiger partial charge in [-0.1, -0.05) is 18.2 Å². The molecule has 0 radical (unpaired) electrons. The molecule has 0 saturated carbocycles. The monoisotopic (exact) mass is 391 g/mol. The molecule has 1 fully saturated rings. The third-order valence-electron chi connectivity index (χ3n) is 5.64. The first-order valence-electron chi connectivity index (χ1n) is 9.85. The molecule has 3 aromatic heterocycles. The number of fused-ring (bicyclic) bond motifs is 2. The van der Waals surface area contributed by atoms with E-state index in [4.69, 9.17) is 9.97 Å². The van der Waals surface area contributed by atoms with Gasteiger partial charge in [-0.25, -0.2) is 9.97 Å². The number of aromatic nitrogens is 3. The SMILES string of the molecule is Cc1cccc2nc(C[NH+]3CCC[C@H](c4nc5ccccc5s4)C3)cc(=O)n12. The quantitative estimate of drug-likeness (QED) is 0.584. The molecule has 0 aliphatic carbocycles. The van der Waals surface area contributed by atoms with Gasteiger partial charge < -0.3 is 4.90 Å². The minimum Gasteiger partial charge on any atom is -0.329 e. The highest BCUT2D eigenvalue weighted by atomic mass is 32.1. The number of quaternary nitrogens is 1. The summed E-state index contributed by atoms with van der Waals surface area (Å²) >= 11 is 1.82. The highest BCUT2D eigenvalue weighted by molar-refractivity contribution is 7.18. The van der Waals surface area contributed by atoms with Crippen LogP contribution in [0.5, 0.6) is 0 Å². The maximum Gasteiger partial charge on any atom is 0.258 e. The van der Waals surface area contributed by atoms with Crippen LogP contribution in [0.15, 0.2) is 53.3 Å². The summed E-state index contributed by atoms with van der Waals surface area (Å²) in [5, 5.41) is 1.25. The fourth-order valence-electron chi connectivity index (χ4n) is 4.30. The van der Waals surface area contributed by atoms with Gasteiger partial charge in [-0.15, -0.1) is 11.3 Å². The number of hydrogen-bond donors (Lipinski definition) is 1. The Balaban J connectivity index is 1.38. The summed E-state index contributed by atoms with van der Waals surface area (Å²) in [6, 6.07) is 15.9. The zero-order valence-electron chi connectivity index (χ0n) is 15.9. The number of aryl methyl sites for hydroxylation is 1. The largest absolute Gasteiger partial charge is 0.329 e. The highest BCUT2D eigenvalue weighted by Gasteiger charge is 2.27. The van der Waals surface area contributed by atoms with Crippen molar-refractivity contribution in [2.24, 2.45) is 0 Å². The minimum atomic E-state index is 0.0113. The van der Waals surface area contributed by atoms with Gasteiger partial charge in [0.25, 0.3) is 5.56 Å². The van der Waals surface area contributed by atoms with Crippen LogP contribution < -0.4 is 10.5 Å². The predicted octanol–water partition coefficient (Wildman–Crippen LogP) is 2.58. The first-order valence-corrected chi connectivity index (χ1v) is 10.7. The lowest BCUT2D eigenvalue weighted by Gasteiger charge is -2.28. The maximum absolute atomic E-state index is 12.6. The normalized spacial score (nSPS) is 20.0. The molecule has 1 aromatic carbocycles. The Morgan fingerprint density at radius 3 is 2.96 bits per heavy atom. The summed E-state index contributed by atoms with van der Waals surface area (Å²) in [4.78, 5) is 23.7. The molecule has 0 amide bonds. The Bertz CT molecular complexity index is 1180. The number of para-hydroxylation sites is 1. The first kappa shape index (κ1) is 17.5. The molecule has 28 heavy (non-hydrogen) atoms. The lowest BCUT2D eigenvalue weighted by molar-refractivity contribution is -0.920. The number of nitrogens with one attached hydrogen (secondary N) is 1. The van der Waals surface area contributed by atoms with Crippen LogP contribution in [0.25, 0.3) is 15.9 Å². The molecule has 1 unspecified atom stereocenters. The zero-order valence-corrected chi connectivity index (χ0v) is 16.7. The smallest absolute Gasteiger partial charge is 0.258 e. The average molecular weight is 392 g/mol. The summed E-state index contributed by atoms with van der Waals surface area (Å²) in [7, 11) is 0. The predicted molar refractivity (Wildman–Crippen MR) is 112 cm³/mol. The number of benzene rings is 1. The number of rotatable bonds is 3. The van der Waals surface area contributed by atoms with E-state index >= 15 is 0 Å². The number of nitrogens with zero attached hydrogens (tertiary/aromatic N) is 3. The van der Waals surface area contributed by atoms with Gasteiger partial charge in [0, 0.05) is 11.8 Å². The van der Waals surface area contributed by atoms with Crippen LogP contribution in [0.3, 0.4) is 0 Å². The second-order valence-corrected chi connectivity index (χ2v) is 8.75. The van der Waals surface area contributed by atoms with E-state index in [1.165, 1.54) is 27.4 Å². The van der Waals surface area contributed by atoms with Crippen LogP contribution in [0, 0.1) is 6.92 Å². The van der Waals surface area contributed by atoms with Gasteiger partial charge in [0.2, 0.25) is 0 Å². The van der Waals surface area contributed by atoms with E-state index in [0.717, 1.165) is 42.2 Å². The molecular weight excluding hydrogens is 368 g/mol. The molecule has 5 nitrogen and oxygen atoms in total. The summed E-state index contributed by atoms with van der Waals surface area (Å²) in [6.45, 7) is 4.90. The van der Waals surface area contributed by atoms with Crippen LogP contribution in [0.1, 0.15) is 35.2 Å². The average Bonchev–Trinajstić information content (AvgIpc) is 3.12. The van der Waals surface area contributed by atoms with Crippen LogP contribution in [-0.4, -0.2) is 27.5 Å². The van der Waals surface area contributed by atoms with Gasteiger partial charge in [-0.2, -0.15) is 0 Å². The van der Waals surface area contributed by atoms with Crippen molar-refractivity contribution in [3.8, 4) is 0 Å². The van der Waals surface area contributed by atoms with Crippen molar-refractivity contribution in [1.82, 2.24) is 14.4 Å². The van der Waals surface area contributed by atoms with E-state index in [9.17, 15) is 4.79 Å². The van der Waals surface area contributed by atoms with E-state index in [1.807, 2.05) is 36.5 Å². The number of likely N-dealkylation sites (tertiary alicyclic amines) is 1. The number of piperidine rings is 1. The third-order valence-corrected chi connectivity index (χ3v) is 6.84. The highest BCUT2D eigenvalue weighted by Crippen LogP contribution is 2.30. The fourth-order valence-corrected chi connectivity index (χ4v) is 5.40. The van der Waals surface area contributed by atoms with Crippen molar-refractivity contribution >= 4 is 27.2 Å². The molecule has 1 saturated heterocycles. The van der Waals surface area contributed by atoms with E-state index in [-0.39, 0.29) is 5.56 Å². The Kier molecular flexibility index (Phi) is 4.45. The fraction of sp³-hybridized carbons (Fsp3) is 0.318. The van der Waals surface area contributed by atoms with Crippen molar-refractivity contribution in [3.05, 3.63) is 75.3 Å². The molecule has 4 heterocycles. The van der Waals surface area contributed by atoms with Crippen molar-refractivity contribution in [1.29, 1.82) is 0 Å². The second-order valence-electron chi connectivity index (χ2n) is 7.69. The Labute approximate surface area is 167 Å². The van der Waals surface area contributed by atoms with Gasteiger partial charge in [-0.3, -0.25) is 9.20 Å². The summed E-state index contributed by atoms with van der Waals surface area (Å²) in [5.74, 6) is 0.491. The summed E-state index contributed by atoms with van der Waals surface area (Å²) < 4.78 is 2.95. The molecular formula is C22H23N4OS+. The van der Waals surface area contributed by atoms with Gasteiger partial charge in [0.15, 0.2) is 0 Å². The number of thiazole rings is 1. The lowest BCUT2D eigenvalue weighted by atomic mass is 9.98. The molecule has 1 aliphatic heterocycles. The van der Waals surface area contributed by atoms with Gasteiger partial charge in [0.1, 0.15) is 22.9 Å². The summed E-state index contributed by atoms with van der Waals surface area (Å²) in [5.41, 5.74) is 3.66. The maximum atomic E-state index is 12.6. The van der Waals surface area contributed by atoms with Crippen molar-refractivity contribution in [2.45, 2.75) is 32.2 Å². The molecule has 1 aliphatic rings. The van der Waals surface area contributed by atoms with Gasteiger partial charge in [0.05, 0.1) is 29.2 Å². The number of pyridine rings is 1. The lowest BCUT2D eigenvalue weighted by Crippen LogP contribution is -3.12. The van der Waals surface area contributed by atoms with Crippen LogP contribution in [0.2, 0.25) is 0 Å². The van der Waals surface area contributed by atoms with E-state index < -0.39 is 0 Å². The first-order chi connectivity index (χ1) is 13.7. The zero-order chi connectivity index (χ0) is 19.1. The van der Waals surface area contributed by atoms with Crippen molar-refractivity contribution in [2.75, 3.05) is 13.1 Å².